The number of aliphatic hydroxyl groups excluding tert-OH is 1. The number of hydrogen-bond donors (Lipinski definition) is 1. The third-order valence-electron chi connectivity index (χ3n) is 2.51. The first kappa shape index (κ1) is 10.4. The third kappa shape index (κ3) is 2.39. The molecular formula is C10H16O3. The Labute approximate surface area is 78.4 Å². The molecule has 3 nitrogen and oxygen atoms in total. The maximum Gasteiger partial charge on any atom is 0.183 e. The van der Waals surface area contributed by atoms with Crippen LogP contribution >= 0.6 is 0 Å². The summed E-state index contributed by atoms with van der Waals surface area (Å²) in [6.07, 6.45) is 1.96. The van der Waals surface area contributed by atoms with Crippen molar-refractivity contribution in [2.45, 2.75) is 32.0 Å². The molecule has 13 heavy (non-hydrogen) atoms. The van der Waals surface area contributed by atoms with Gasteiger partial charge in [0.1, 0.15) is 6.10 Å². The lowest BCUT2D eigenvalue weighted by Gasteiger charge is -2.37. The van der Waals surface area contributed by atoms with E-state index in [0.29, 0.717) is 18.9 Å². The number of ketones is 1. The van der Waals surface area contributed by atoms with Crippen LogP contribution in [0.1, 0.15) is 19.8 Å². The van der Waals surface area contributed by atoms with E-state index >= 15 is 0 Å². The lowest BCUT2D eigenvalue weighted by molar-refractivity contribution is -0.139. The zero-order chi connectivity index (χ0) is 9.84. The Balaban J connectivity index is 2.32. The van der Waals surface area contributed by atoms with Gasteiger partial charge in [-0.3, -0.25) is 4.79 Å². The van der Waals surface area contributed by atoms with E-state index in [1.54, 1.807) is 0 Å². The molecule has 3 atom stereocenters. The van der Waals surface area contributed by atoms with Crippen LogP contribution in [0, 0.1) is 5.92 Å². The molecule has 3 heteroatoms. The molecule has 0 bridgehead atoms. The zero-order valence-electron chi connectivity index (χ0n) is 7.90. The molecule has 1 rings (SSSR count). The molecule has 1 aliphatic rings. The first-order chi connectivity index (χ1) is 6.19. The van der Waals surface area contributed by atoms with E-state index in [0.717, 1.165) is 6.42 Å². The van der Waals surface area contributed by atoms with Crippen molar-refractivity contribution in [2.75, 3.05) is 6.61 Å². The molecule has 0 aliphatic carbocycles. The van der Waals surface area contributed by atoms with E-state index in [2.05, 4.69) is 6.58 Å². The van der Waals surface area contributed by atoms with Gasteiger partial charge in [-0.1, -0.05) is 13.5 Å². The molecule has 1 N–H and O–H groups in total. The highest BCUT2D eigenvalue weighted by molar-refractivity contribution is 5.92. The topological polar surface area (TPSA) is 46.5 Å². The summed E-state index contributed by atoms with van der Waals surface area (Å²) in [7, 11) is 0. The zero-order valence-corrected chi connectivity index (χ0v) is 7.90. The van der Waals surface area contributed by atoms with Gasteiger partial charge in [0, 0.05) is 5.92 Å². The Morgan fingerprint density at radius 1 is 1.85 bits per heavy atom. The van der Waals surface area contributed by atoms with Gasteiger partial charge in [-0.25, -0.2) is 0 Å². The van der Waals surface area contributed by atoms with Crippen LogP contribution in [0.4, 0.5) is 0 Å². The second-order valence-corrected chi connectivity index (χ2v) is 3.40. The molecule has 0 aromatic rings. The summed E-state index contributed by atoms with van der Waals surface area (Å²) in [5.74, 6) is 0.0469. The van der Waals surface area contributed by atoms with Gasteiger partial charge in [0.15, 0.2) is 5.78 Å². The van der Waals surface area contributed by atoms with Gasteiger partial charge < -0.3 is 9.84 Å². The maximum absolute atomic E-state index is 11.0. The first-order valence-electron chi connectivity index (χ1n) is 4.65. The van der Waals surface area contributed by atoms with Crippen molar-refractivity contribution < 1.29 is 14.6 Å². The van der Waals surface area contributed by atoms with Crippen molar-refractivity contribution in [1.82, 2.24) is 0 Å². The molecule has 0 saturated carbocycles. The fraction of sp³-hybridized carbons (Fsp3) is 0.700. The monoisotopic (exact) mass is 184 g/mol. The molecule has 0 spiro atoms. The summed E-state index contributed by atoms with van der Waals surface area (Å²) in [5.41, 5.74) is 0. The van der Waals surface area contributed by atoms with Crippen LogP contribution in [0.2, 0.25) is 0 Å². The van der Waals surface area contributed by atoms with Crippen LogP contribution in [0.5, 0.6) is 0 Å². The Kier molecular flexibility index (Phi) is 3.63. The minimum Gasteiger partial charge on any atom is -0.385 e. The van der Waals surface area contributed by atoms with Crippen LogP contribution in [-0.4, -0.2) is 29.7 Å². The van der Waals surface area contributed by atoms with Gasteiger partial charge in [-0.15, -0.1) is 0 Å². The summed E-state index contributed by atoms with van der Waals surface area (Å²) in [6, 6.07) is 0. The largest absolute Gasteiger partial charge is 0.385 e. The van der Waals surface area contributed by atoms with E-state index in [4.69, 9.17) is 4.74 Å². The summed E-state index contributed by atoms with van der Waals surface area (Å²) in [5, 5.41) is 9.39. The predicted molar refractivity (Wildman–Crippen MR) is 49.3 cm³/mol. The SMILES string of the molecule is C=CC(=O)C(O)CC1COC1CC. The van der Waals surface area contributed by atoms with Crippen LogP contribution in [0.25, 0.3) is 0 Å². The fourth-order valence-corrected chi connectivity index (χ4v) is 1.58. The second-order valence-electron chi connectivity index (χ2n) is 3.40. The Hall–Kier alpha value is -0.670. The average Bonchev–Trinajstić information content (AvgIpc) is 2.11. The normalized spacial score (nSPS) is 29.1. The Morgan fingerprint density at radius 3 is 2.92 bits per heavy atom. The summed E-state index contributed by atoms with van der Waals surface area (Å²) < 4.78 is 5.26. The average molecular weight is 184 g/mol. The highest BCUT2D eigenvalue weighted by Crippen LogP contribution is 2.27. The van der Waals surface area contributed by atoms with Crippen molar-refractivity contribution in [3.05, 3.63) is 12.7 Å². The van der Waals surface area contributed by atoms with Crippen molar-refractivity contribution in [3.8, 4) is 0 Å². The van der Waals surface area contributed by atoms with Crippen molar-refractivity contribution in [3.63, 3.8) is 0 Å². The summed E-state index contributed by atoms with van der Waals surface area (Å²) in [4.78, 5) is 11.0. The van der Waals surface area contributed by atoms with Crippen LogP contribution < -0.4 is 0 Å². The lowest BCUT2D eigenvalue weighted by atomic mass is 9.89. The molecule has 0 aromatic carbocycles. The maximum atomic E-state index is 11.0. The van der Waals surface area contributed by atoms with Gasteiger partial charge in [0.25, 0.3) is 0 Å². The van der Waals surface area contributed by atoms with Gasteiger partial charge >= 0.3 is 0 Å². The lowest BCUT2D eigenvalue weighted by Crippen LogP contribution is -2.42. The van der Waals surface area contributed by atoms with Crippen molar-refractivity contribution in [2.24, 2.45) is 5.92 Å². The van der Waals surface area contributed by atoms with Crippen molar-refractivity contribution >= 4 is 5.78 Å². The molecule has 3 unspecified atom stereocenters. The molecule has 1 heterocycles. The van der Waals surface area contributed by atoms with Crippen LogP contribution in [-0.2, 0) is 9.53 Å². The minimum absolute atomic E-state index is 0.229. The minimum atomic E-state index is -0.888. The molecule has 1 saturated heterocycles. The van der Waals surface area contributed by atoms with E-state index in [9.17, 15) is 9.90 Å². The first-order valence-corrected chi connectivity index (χ1v) is 4.65. The fourth-order valence-electron chi connectivity index (χ4n) is 1.58. The number of ether oxygens (including phenoxy) is 1. The number of aliphatic hydroxyl groups is 1. The van der Waals surface area contributed by atoms with E-state index in [1.165, 1.54) is 6.08 Å². The van der Waals surface area contributed by atoms with E-state index in [-0.39, 0.29) is 11.9 Å². The molecule has 74 valence electrons. The van der Waals surface area contributed by atoms with E-state index < -0.39 is 6.10 Å². The molecule has 1 fully saturated rings. The quantitative estimate of drug-likeness (QED) is 0.646. The van der Waals surface area contributed by atoms with Crippen molar-refractivity contribution in [1.29, 1.82) is 0 Å². The van der Waals surface area contributed by atoms with Gasteiger partial charge in [0.05, 0.1) is 12.7 Å². The number of carbonyl (C=O) groups is 1. The summed E-state index contributed by atoms with van der Waals surface area (Å²) >= 11 is 0. The highest BCUT2D eigenvalue weighted by atomic mass is 16.5. The standard InChI is InChI=1S/C10H16O3/c1-3-8(11)9(12)5-7-6-13-10(7)4-2/h3,7,9-10,12H,1,4-6H2,2H3. The third-order valence-corrected chi connectivity index (χ3v) is 2.51. The number of hydrogen-bond acceptors (Lipinski definition) is 3. The molecule has 0 aromatic heterocycles. The smallest absolute Gasteiger partial charge is 0.183 e. The molecule has 0 radical (unpaired) electrons. The molecular weight excluding hydrogens is 168 g/mol. The predicted octanol–water partition coefficient (Wildman–Crippen LogP) is 0.917. The van der Waals surface area contributed by atoms with Gasteiger partial charge in [-0.2, -0.15) is 0 Å². The Morgan fingerprint density at radius 2 is 2.54 bits per heavy atom. The Bertz CT molecular complexity index is 198. The molecule has 0 amide bonds. The highest BCUT2D eigenvalue weighted by Gasteiger charge is 2.33. The van der Waals surface area contributed by atoms with Crippen LogP contribution in [0.3, 0.4) is 0 Å². The second kappa shape index (κ2) is 4.53. The summed E-state index contributed by atoms with van der Waals surface area (Å²) in [6.45, 7) is 6.04. The molecule has 1 aliphatic heterocycles. The van der Waals surface area contributed by atoms with E-state index in [1.807, 2.05) is 6.92 Å². The van der Waals surface area contributed by atoms with Crippen LogP contribution in [0.15, 0.2) is 12.7 Å². The van der Waals surface area contributed by atoms with Gasteiger partial charge in [0.2, 0.25) is 0 Å². The number of rotatable bonds is 5. The number of carbonyl (C=O) groups excluding carboxylic acids is 1. The van der Waals surface area contributed by atoms with Gasteiger partial charge in [-0.05, 0) is 18.9 Å².